The summed E-state index contributed by atoms with van der Waals surface area (Å²) in [7, 11) is 0. The van der Waals surface area contributed by atoms with E-state index < -0.39 is 12.2 Å². The summed E-state index contributed by atoms with van der Waals surface area (Å²) in [4.78, 5) is 14.5. The lowest BCUT2D eigenvalue weighted by Gasteiger charge is -2.39. The van der Waals surface area contributed by atoms with Gasteiger partial charge in [-0.3, -0.25) is 9.69 Å². The summed E-state index contributed by atoms with van der Waals surface area (Å²) < 4.78 is 30.9. The smallest absolute Gasteiger partial charge is 0.387 e. The number of hydrogen-bond acceptors (Lipinski definition) is 5. The van der Waals surface area contributed by atoms with E-state index in [9.17, 15) is 23.8 Å². The van der Waals surface area contributed by atoms with E-state index in [1.54, 1.807) is 19.1 Å². The van der Waals surface area contributed by atoms with E-state index in [1.165, 1.54) is 6.07 Å². The van der Waals surface area contributed by atoms with Crippen molar-refractivity contribution >= 4 is 11.6 Å². The quantitative estimate of drug-likeness (QED) is 0.529. The van der Waals surface area contributed by atoms with Crippen LogP contribution in [0.25, 0.3) is 0 Å². The Morgan fingerprint density at radius 3 is 2.67 bits per heavy atom. The largest absolute Gasteiger partial charge is 0.434 e. The molecule has 6 nitrogen and oxygen atoms in total. The molecule has 0 aliphatic carbocycles. The van der Waals surface area contributed by atoms with Gasteiger partial charge in [-0.1, -0.05) is 35.9 Å². The number of carbonyl (C=O) groups excluding carboxylic acids is 1. The number of aliphatic hydroxyl groups is 2. The van der Waals surface area contributed by atoms with Crippen LogP contribution in [0, 0.1) is 12.8 Å². The van der Waals surface area contributed by atoms with Gasteiger partial charge in [-0.15, -0.1) is 0 Å². The number of piperidine rings is 1. The van der Waals surface area contributed by atoms with Crippen molar-refractivity contribution in [2.45, 2.75) is 51.9 Å². The fourth-order valence-corrected chi connectivity index (χ4v) is 4.14. The van der Waals surface area contributed by atoms with Crippen LogP contribution in [0.5, 0.6) is 5.75 Å². The zero-order chi connectivity index (χ0) is 24.0. The second-order valence-corrected chi connectivity index (χ2v) is 9.00. The molecule has 1 heterocycles. The second-order valence-electron chi connectivity index (χ2n) is 9.00. The van der Waals surface area contributed by atoms with Crippen molar-refractivity contribution in [3.05, 3.63) is 59.2 Å². The normalized spacial score (nSPS) is 18.7. The number of halogens is 2. The number of amides is 1. The van der Waals surface area contributed by atoms with E-state index in [0.717, 1.165) is 30.5 Å². The summed E-state index contributed by atoms with van der Waals surface area (Å²) in [5.74, 6) is -0.357. The van der Waals surface area contributed by atoms with Crippen LogP contribution < -0.4 is 10.1 Å². The maximum absolute atomic E-state index is 13.1. The topological polar surface area (TPSA) is 82.0 Å². The molecule has 2 atom stereocenters. The molecule has 1 fully saturated rings. The molecule has 1 aliphatic rings. The van der Waals surface area contributed by atoms with Crippen molar-refractivity contribution < 1.29 is 28.5 Å². The fourth-order valence-electron chi connectivity index (χ4n) is 4.14. The van der Waals surface area contributed by atoms with E-state index in [-0.39, 0.29) is 30.6 Å². The number of aliphatic hydroxyl groups excluding tert-OH is 1. The van der Waals surface area contributed by atoms with E-state index >= 15 is 0 Å². The van der Waals surface area contributed by atoms with Crippen LogP contribution in [0.2, 0.25) is 0 Å². The summed E-state index contributed by atoms with van der Waals surface area (Å²) in [5, 5.41) is 22.6. The van der Waals surface area contributed by atoms with Gasteiger partial charge in [-0.25, -0.2) is 0 Å². The number of aryl methyl sites for hydroxylation is 1. The second kappa shape index (κ2) is 11.0. The Kier molecular flexibility index (Phi) is 8.40. The molecular weight excluding hydrogens is 430 g/mol. The van der Waals surface area contributed by atoms with Gasteiger partial charge in [-0.2, -0.15) is 8.78 Å². The lowest BCUT2D eigenvalue weighted by molar-refractivity contribution is -0.115. The number of carbonyl (C=O) groups is 1. The van der Waals surface area contributed by atoms with Crippen LogP contribution in [0.15, 0.2) is 42.5 Å². The number of alkyl halides is 2. The van der Waals surface area contributed by atoms with Crippen LogP contribution in [-0.2, 0) is 17.8 Å². The first kappa shape index (κ1) is 25.1. The van der Waals surface area contributed by atoms with Crippen molar-refractivity contribution in [1.82, 2.24) is 4.90 Å². The SMILES string of the molecule is Cc1ccc(CC(=O)Nc2ccc(CN3CCC[C@H]([C@](C)(O)CO)C3)c(OC(F)F)c2)cc1. The van der Waals surface area contributed by atoms with Gasteiger partial charge in [0.25, 0.3) is 0 Å². The van der Waals surface area contributed by atoms with Crippen LogP contribution in [0.4, 0.5) is 14.5 Å². The summed E-state index contributed by atoms with van der Waals surface area (Å²) in [6, 6.07) is 12.4. The van der Waals surface area contributed by atoms with E-state index in [1.807, 2.05) is 31.2 Å². The van der Waals surface area contributed by atoms with E-state index in [0.29, 0.717) is 24.3 Å². The minimum absolute atomic E-state index is 0.00850. The van der Waals surface area contributed by atoms with Gasteiger partial charge in [0.1, 0.15) is 5.75 Å². The van der Waals surface area contributed by atoms with E-state index in [2.05, 4.69) is 10.2 Å². The summed E-state index contributed by atoms with van der Waals surface area (Å²) in [5.41, 5.74) is 1.72. The Morgan fingerprint density at radius 1 is 1.27 bits per heavy atom. The Balaban J connectivity index is 1.69. The molecule has 2 aromatic carbocycles. The number of likely N-dealkylation sites (tertiary alicyclic amines) is 1. The molecule has 0 radical (unpaired) electrons. The fraction of sp³-hybridized carbons (Fsp3) is 0.480. The predicted octanol–water partition coefficient (Wildman–Crippen LogP) is 3.73. The average molecular weight is 463 g/mol. The Hall–Kier alpha value is -2.55. The Labute approximate surface area is 193 Å². The highest BCUT2D eigenvalue weighted by atomic mass is 19.3. The lowest BCUT2D eigenvalue weighted by atomic mass is 9.83. The highest BCUT2D eigenvalue weighted by Gasteiger charge is 2.34. The number of nitrogens with zero attached hydrogens (tertiary/aromatic N) is 1. The van der Waals surface area contributed by atoms with Crippen LogP contribution >= 0.6 is 0 Å². The van der Waals surface area contributed by atoms with Crippen LogP contribution in [-0.4, -0.2) is 52.9 Å². The lowest BCUT2D eigenvalue weighted by Crippen LogP contribution is -2.47. The molecule has 0 unspecified atom stereocenters. The molecular formula is C25H32F2N2O4. The van der Waals surface area contributed by atoms with Gasteiger partial charge in [0.15, 0.2) is 0 Å². The highest BCUT2D eigenvalue weighted by molar-refractivity contribution is 5.92. The maximum Gasteiger partial charge on any atom is 0.387 e. The highest BCUT2D eigenvalue weighted by Crippen LogP contribution is 2.31. The molecule has 2 aromatic rings. The van der Waals surface area contributed by atoms with Gasteiger partial charge >= 0.3 is 6.61 Å². The Bertz CT molecular complexity index is 935. The van der Waals surface area contributed by atoms with E-state index in [4.69, 9.17) is 4.74 Å². The number of benzene rings is 2. The van der Waals surface area contributed by atoms with Crippen molar-refractivity contribution in [2.24, 2.45) is 5.92 Å². The molecule has 1 saturated heterocycles. The number of rotatable bonds is 9. The third-order valence-electron chi connectivity index (χ3n) is 6.15. The molecule has 3 N–H and O–H groups in total. The molecule has 1 amide bonds. The zero-order valence-electron chi connectivity index (χ0n) is 19.1. The molecule has 180 valence electrons. The Morgan fingerprint density at radius 2 is 2.00 bits per heavy atom. The molecule has 0 saturated carbocycles. The van der Waals surface area contributed by atoms with Crippen molar-refractivity contribution in [3.63, 3.8) is 0 Å². The number of nitrogens with one attached hydrogen (secondary N) is 1. The van der Waals surface area contributed by atoms with Crippen LogP contribution in [0.3, 0.4) is 0 Å². The first-order chi connectivity index (χ1) is 15.7. The summed E-state index contributed by atoms with van der Waals surface area (Å²) in [6.45, 7) is 1.90. The summed E-state index contributed by atoms with van der Waals surface area (Å²) >= 11 is 0. The predicted molar refractivity (Wildman–Crippen MR) is 122 cm³/mol. The van der Waals surface area contributed by atoms with Gasteiger partial charge < -0.3 is 20.3 Å². The average Bonchev–Trinajstić information content (AvgIpc) is 2.77. The number of ether oxygens (including phenoxy) is 1. The molecule has 33 heavy (non-hydrogen) atoms. The number of hydrogen-bond donors (Lipinski definition) is 3. The summed E-state index contributed by atoms with van der Waals surface area (Å²) in [6.07, 6.45) is 1.79. The van der Waals surface area contributed by atoms with Crippen molar-refractivity contribution in [3.8, 4) is 5.75 Å². The van der Waals surface area contributed by atoms with Crippen LogP contribution in [0.1, 0.15) is 36.5 Å². The monoisotopic (exact) mass is 462 g/mol. The van der Waals surface area contributed by atoms with Crippen molar-refractivity contribution in [2.75, 3.05) is 25.0 Å². The van der Waals surface area contributed by atoms with Crippen molar-refractivity contribution in [1.29, 1.82) is 0 Å². The molecule has 0 spiro atoms. The molecule has 1 aliphatic heterocycles. The third-order valence-corrected chi connectivity index (χ3v) is 6.15. The standard InChI is InChI=1S/C25H32F2N2O4/c1-17-5-7-18(8-6-17)12-23(31)28-21-10-9-19(22(13-21)33-24(26)27)14-29-11-3-4-20(15-29)25(2,32)16-30/h5-10,13,20,24,30,32H,3-4,11-12,14-16H2,1-2H3,(H,28,31)/t20-,25+/m0/s1. The maximum atomic E-state index is 13.1. The molecule has 8 heteroatoms. The minimum atomic E-state index is -2.99. The number of anilines is 1. The first-order valence-corrected chi connectivity index (χ1v) is 11.1. The molecule has 3 rings (SSSR count). The van der Waals surface area contributed by atoms with Gasteiger partial charge in [0, 0.05) is 36.3 Å². The first-order valence-electron chi connectivity index (χ1n) is 11.1. The molecule has 0 aromatic heterocycles. The zero-order valence-corrected chi connectivity index (χ0v) is 19.1. The minimum Gasteiger partial charge on any atom is -0.434 e. The van der Waals surface area contributed by atoms with Gasteiger partial charge in [0.05, 0.1) is 18.6 Å². The third kappa shape index (κ3) is 7.22. The molecule has 0 bridgehead atoms. The van der Waals surface area contributed by atoms with Gasteiger partial charge in [-0.05, 0) is 44.9 Å². The van der Waals surface area contributed by atoms with Gasteiger partial charge in [0.2, 0.25) is 5.91 Å².